The van der Waals surface area contributed by atoms with E-state index in [4.69, 9.17) is 5.73 Å². The third-order valence-electron chi connectivity index (χ3n) is 2.58. The third-order valence-corrected chi connectivity index (χ3v) is 2.58. The van der Waals surface area contributed by atoms with Crippen molar-refractivity contribution in [1.82, 2.24) is 0 Å². The maximum Gasteiger partial charge on any atom is 0.329 e. The fourth-order valence-corrected chi connectivity index (χ4v) is 1.73. The van der Waals surface area contributed by atoms with Crippen LogP contribution in [0.5, 0.6) is 0 Å². The number of halogens is 1. The van der Waals surface area contributed by atoms with Crippen LogP contribution in [0, 0.1) is 5.82 Å². The molecule has 0 bridgehead atoms. The molecule has 0 heterocycles. The minimum atomic E-state index is -0.665. The van der Waals surface area contributed by atoms with Crippen LogP contribution in [0.25, 0.3) is 0 Å². The molecule has 4 nitrogen and oxygen atoms in total. The number of benzene rings is 1. The first-order valence-electron chi connectivity index (χ1n) is 5.44. The summed E-state index contributed by atoms with van der Waals surface area (Å²) in [6, 6.07) is 5.61. The van der Waals surface area contributed by atoms with Gasteiger partial charge in [-0.15, -0.1) is 0 Å². The SMILES string of the molecule is CCN(c1ccccc1F)C(CN)C(=O)OC. The van der Waals surface area contributed by atoms with Gasteiger partial charge in [-0.3, -0.25) is 0 Å². The Balaban J connectivity index is 3.05. The van der Waals surface area contributed by atoms with Crippen LogP contribution in [0.1, 0.15) is 6.92 Å². The summed E-state index contributed by atoms with van der Waals surface area (Å²) in [6.45, 7) is 2.38. The maximum atomic E-state index is 13.7. The quantitative estimate of drug-likeness (QED) is 0.784. The normalized spacial score (nSPS) is 12.0. The number of likely N-dealkylation sites (N-methyl/N-ethyl adjacent to an activating group) is 1. The van der Waals surface area contributed by atoms with Crippen molar-refractivity contribution in [2.24, 2.45) is 5.73 Å². The molecule has 5 heteroatoms. The molecule has 94 valence electrons. The zero-order valence-electron chi connectivity index (χ0n) is 10.0. The van der Waals surface area contributed by atoms with Gasteiger partial charge < -0.3 is 15.4 Å². The van der Waals surface area contributed by atoms with E-state index in [0.29, 0.717) is 12.2 Å². The average molecular weight is 240 g/mol. The summed E-state index contributed by atoms with van der Waals surface area (Å²) in [6.07, 6.45) is 0. The van der Waals surface area contributed by atoms with E-state index >= 15 is 0 Å². The van der Waals surface area contributed by atoms with Crippen molar-refractivity contribution in [3.05, 3.63) is 30.1 Å². The second-order valence-corrected chi connectivity index (χ2v) is 3.51. The summed E-state index contributed by atoms with van der Waals surface area (Å²) in [5.74, 6) is -0.839. The Bertz CT molecular complexity index is 385. The Morgan fingerprint density at radius 1 is 1.53 bits per heavy atom. The molecule has 0 aromatic heterocycles. The molecule has 0 saturated carbocycles. The van der Waals surface area contributed by atoms with Crippen molar-refractivity contribution in [3.8, 4) is 0 Å². The number of esters is 1. The van der Waals surface area contributed by atoms with Gasteiger partial charge >= 0.3 is 5.97 Å². The molecule has 1 atom stereocenters. The standard InChI is InChI=1S/C12H17FN2O2/c1-3-15(11(8-14)12(16)17-2)10-7-5-4-6-9(10)13/h4-7,11H,3,8,14H2,1-2H3. The van der Waals surface area contributed by atoms with Gasteiger partial charge in [0.2, 0.25) is 0 Å². The summed E-state index contributed by atoms with van der Waals surface area (Å²) >= 11 is 0. The number of nitrogens with two attached hydrogens (primary N) is 1. The van der Waals surface area contributed by atoms with Crippen LogP contribution < -0.4 is 10.6 Å². The van der Waals surface area contributed by atoms with Gasteiger partial charge in [-0.05, 0) is 19.1 Å². The molecule has 0 amide bonds. The second-order valence-electron chi connectivity index (χ2n) is 3.51. The number of methoxy groups -OCH3 is 1. The molecular weight excluding hydrogens is 223 g/mol. The van der Waals surface area contributed by atoms with Gasteiger partial charge in [0.1, 0.15) is 11.9 Å². The highest BCUT2D eigenvalue weighted by atomic mass is 19.1. The van der Waals surface area contributed by atoms with E-state index in [0.717, 1.165) is 0 Å². The number of hydrogen-bond acceptors (Lipinski definition) is 4. The summed E-state index contributed by atoms with van der Waals surface area (Å²) in [7, 11) is 1.29. The number of rotatable bonds is 5. The number of para-hydroxylation sites is 1. The predicted octanol–water partition coefficient (Wildman–Crippen LogP) is 1.15. The van der Waals surface area contributed by atoms with Crippen LogP contribution in [0.15, 0.2) is 24.3 Å². The van der Waals surface area contributed by atoms with Crippen LogP contribution in [0.4, 0.5) is 10.1 Å². The van der Waals surface area contributed by atoms with Gasteiger partial charge in [0.15, 0.2) is 0 Å². The molecule has 17 heavy (non-hydrogen) atoms. The molecule has 0 fully saturated rings. The van der Waals surface area contributed by atoms with Crippen molar-refractivity contribution in [2.75, 3.05) is 25.1 Å². The van der Waals surface area contributed by atoms with Crippen LogP contribution in [0.2, 0.25) is 0 Å². The van der Waals surface area contributed by atoms with E-state index in [2.05, 4.69) is 4.74 Å². The molecule has 1 aromatic carbocycles. The minimum Gasteiger partial charge on any atom is -0.467 e. The van der Waals surface area contributed by atoms with E-state index < -0.39 is 12.0 Å². The minimum absolute atomic E-state index is 0.0782. The molecule has 0 aliphatic heterocycles. The van der Waals surface area contributed by atoms with Crippen molar-refractivity contribution < 1.29 is 13.9 Å². The first kappa shape index (κ1) is 13.4. The Morgan fingerprint density at radius 3 is 2.65 bits per heavy atom. The van der Waals surface area contributed by atoms with E-state index in [9.17, 15) is 9.18 Å². The molecule has 0 aliphatic carbocycles. The lowest BCUT2D eigenvalue weighted by Gasteiger charge is -2.30. The lowest BCUT2D eigenvalue weighted by molar-refractivity contribution is -0.142. The highest BCUT2D eigenvalue weighted by molar-refractivity contribution is 5.80. The molecule has 1 aromatic rings. The molecular formula is C12H17FN2O2. The monoisotopic (exact) mass is 240 g/mol. The smallest absolute Gasteiger partial charge is 0.329 e. The number of nitrogens with zero attached hydrogens (tertiary/aromatic N) is 1. The fourth-order valence-electron chi connectivity index (χ4n) is 1.73. The second kappa shape index (κ2) is 6.20. The first-order chi connectivity index (χ1) is 8.15. The molecule has 2 N–H and O–H groups in total. The number of carbonyl (C=O) groups is 1. The zero-order chi connectivity index (χ0) is 12.8. The van der Waals surface area contributed by atoms with Gasteiger partial charge in [0.05, 0.1) is 12.8 Å². The van der Waals surface area contributed by atoms with Gasteiger partial charge in [-0.2, -0.15) is 0 Å². The Kier molecular flexibility index (Phi) is 4.90. The van der Waals surface area contributed by atoms with Crippen molar-refractivity contribution in [1.29, 1.82) is 0 Å². The van der Waals surface area contributed by atoms with Crippen LogP contribution in [0.3, 0.4) is 0 Å². The highest BCUT2D eigenvalue weighted by Gasteiger charge is 2.26. The molecule has 0 saturated heterocycles. The van der Waals surface area contributed by atoms with E-state index in [1.54, 1.807) is 23.1 Å². The summed E-state index contributed by atoms with van der Waals surface area (Å²) in [5, 5.41) is 0. The van der Waals surface area contributed by atoms with Crippen molar-refractivity contribution >= 4 is 11.7 Å². The molecule has 0 aliphatic rings. The van der Waals surface area contributed by atoms with Gasteiger partial charge in [-0.25, -0.2) is 9.18 Å². The lowest BCUT2D eigenvalue weighted by atomic mass is 10.2. The maximum absolute atomic E-state index is 13.7. The van der Waals surface area contributed by atoms with Crippen molar-refractivity contribution in [2.45, 2.75) is 13.0 Å². The molecule has 0 spiro atoms. The van der Waals surface area contributed by atoms with E-state index in [1.165, 1.54) is 13.2 Å². The highest BCUT2D eigenvalue weighted by Crippen LogP contribution is 2.20. The number of anilines is 1. The Hall–Kier alpha value is -1.62. The Morgan fingerprint density at radius 2 is 2.18 bits per heavy atom. The lowest BCUT2D eigenvalue weighted by Crippen LogP contribution is -2.47. The number of ether oxygens (including phenoxy) is 1. The fraction of sp³-hybridized carbons (Fsp3) is 0.417. The van der Waals surface area contributed by atoms with Crippen LogP contribution in [-0.2, 0) is 9.53 Å². The van der Waals surface area contributed by atoms with Gasteiger partial charge in [0.25, 0.3) is 0 Å². The van der Waals surface area contributed by atoms with Crippen LogP contribution in [-0.4, -0.2) is 32.2 Å². The summed E-state index contributed by atoms with van der Waals surface area (Å²) in [5.41, 5.74) is 5.91. The molecule has 0 radical (unpaired) electrons. The van der Waals surface area contributed by atoms with E-state index in [-0.39, 0.29) is 12.4 Å². The largest absolute Gasteiger partial charge is 0.467 e. The summed E-state index contributed by atoms with van der Waals surface area (Å²) in [4.78, 5) is 13.2. The molecule has 1 unspecified atom stereocenters. The Labute approximate surface area is 100 Å². The van der Waals surface area contributed by atoms with Gasteiger partial charge in [-0.1, -0.05) is 12.1 Å². The average Bonchev–Trinajstić information content (AvgIpc) is 2.36. The number of carbonyl (C=O) groups excluding carboxylic acids is 1. The van der Waals surface area contributed by atoms with Gasteiger partial charge in [0, 0.05) is 13.1 Å². The van der Waals surface area contributed by atoms with Crippen molar-refractivity contribution in [3.63, 3.8) is 0 Å². The zero-order valence-corrected chi connectivity index (χ0v) is 10.0. The first-order valence-corrected chi connectivity index (χ1v) is 5.44. The topological polar surface area (TPSA) is 55.6 Å². The van der Waals surface area contributed by atoms with E-state index in [1.807, 2.05) is 6.92 Å². The van der Waals surface area contributed by atoms with Crippen LogP contribution >= 0.6 is 0 Å². The molecule has 1 rings (SSSR count). The summed E-state index contributed by atoms with van der Waals surface area (Å²) < 4.78 is 18.3. The third kappa shape index (κ3) is 2.94. The number of hydrogen-bond donors (Lipinski definition) is 1. The predicted molar refractivity (Wildman–Crippen MR) is 64.3 cm³/mol.